The number of benzene rings is 1. The van der Waals surface area contributed by atoms with Gasteiger partial charge in [-0.05, 0) is 57.7 Å². The average Bonchev–Trinajstić information content (AvgIpc) is 3.16. The molecule has 2 aromatic rings. The molecule has 6 heteroatoms. The van der Waals surface area contributed by atoms with Gasteiger partial charge in [-0.15, -0.1) is 6.58 Å². The van der Waals surface area contributed by atoms with Gasteiger partial charge in [0.25, 0.3) is 0 Å². The van der Waals surface area contributed by atoms with Crippen molar-refractivity contribution >= 4 is 28.3 Å². The third-order valence-corrected chi connectivity index (χ3v) is 5.75. The first kappa shape index (κ1) is 23.4. The summed E-state index contributed by atoms with van der Waals surface area (Å²) in [4.78, 5) is 4.17. The predicted octanol–water partition coefficient (Wildman–Crippen LogP) is 4.78. The van der Waals surface area contributed by atoms with Crippen LogP contribution in [0, 0.1) is 0 Å². The highest BCUT2D eigenvalue weighted by Gasteiger charge is 2.21. The van der Waals surface area contributed by atoms with Gasteiger partial charge >= 0.3 is 0 Å². The van der Waals surface area contributed by atoms with E-state index in [0.29, 0.717) is 6.04 Å². The van der Waals surface area contributed by atoms with Crippen molar-refractivity contribution in [3.63, 3.8) is 0 Å². The lowest BCUT2D eigenvalue weighted by Crippen LogP contribution is -2.30. The molecule has 1 atom stereocenters. The van der Waals surface area contributed by atoms with Gasteiger partial charge < -0.3 is 16.4 Å². The van der Waals surface area contributed by atoms with Gasteiger partial charge in [0, 0.05) is 60.8 Å². The molecule has 0 saturated carbocycles. The molecule has 0 saturated heterocycles. The molecule has 0 fully saturated rings. The smallest absolute Gasteiger partial charge is 0.103 e. The van der Waals surface area contributed by atoms with Crippen LogP contribution >= 0.6 is 0 Å². The van der Waals surface area contributed by atoms with E-state index in [4.69, 9.17) is 10.8 Å². The molecule has 1 aromatic carbocycles. The number of aliphatic imine (C=N–C) groups is 1. The van der Waals surface area contributed by atoms with Crippen molar-refractivity contribution in [1.82, 2.24) is 20.4 Å². The molecule has 0 amide bonds. The summed E-state index contributed by atoms with van der Waals surface area (Å²) in [6.45, 7) is 10.3. The van der Waals surface area contributed by atoms with E-state index in [0.717, 1.165) is 52.7 Å². The first-order chi connectivity index (χ1) is 15.4. The molecule has 170 valence electrons. The number of nitrogens with one attached hydrogen (secondary N) is 2. The Morgan fingerprint density at radius 1 is 1.34 bits per heavy atom. The molecule has 1 aliphatic rings. The lowest BCUT2D eigenvalue weighted by molar-refractivity contribution is 0.549. The second-order valence-electron chi connectivity index (χ2n) is 8.46. The number of nitrogens with zero attached hydrogens (tertiary/aromatic N) is 3. The molecule has 1 aromatic heterocycles. The molecule has 1 heterocycles. The number of hydrogen-bond acceptors (Lipinski definition) is 5. The van der Waals surface area contributed by atoms with E-state index < -0.39 is 0 Å². The minimum Gasteiger partial charge on any atom is -0.404 e. The Morgan fingerprint density at radius 3 is 2.75 bits per heavy atom. The highest BCUT2D eigenvalue weighted by Crippen LogP contribution is 2.34. The summed E-state index contributed by atoms with van der Waals surface area (Å²) in [5.74, 6) is 0. The van der Waals surface area contributed by atoms with Crippen molar-refractivity contribution in [2.24, 2.45) is 10.7 Å². The second kappa shape index (κ2) is 10.4. The van der Waals surface area contributed by atoms with Crippen LogP contribution in [-0.2, 0) is 0 Å². The molecule has 0 aliphatic heterocycles. The summed E-state index contributed by atoms with van der Waals surface area (Å²) < 4.78 is 2.05. The maximum absolute atomic E-state index is 5.94. The molecular weight excluding hydrogens is 396 g/mol. The molecule has 0 spiro atoms. The molecule has 1 aliphatic carbocycles. The normalized spacial score (nSPS) is 16.1. The number of aromatic nitrogens is 2. The fourth-order valence-electron chi connectivity index (χ4n) is 4.22. The van der Waals surface area contributed by atoms with Crippen molar-refractivity contribution in [1.29, 1.82) is 0 Å². The van der Waals surface area contributed by atoms with Crippen LogP contribution in [0.4, 0.5) is 0 Å². The number of allylic oxidation sites excluding steroid dienone is 4. The minimum absolute atomic E-state index is 0.233. The summed E-state index contributed by atoms with van der Waals surface area (Å²) in [7, 11) is 3.74. The van der Waals surface area contributed by atoms with E-state index in [1.807, 2.05) is 13.1 Å². The Hall–Kier alpha value is -3.28. The second-order valence-corrected chi connectivity index (χ2v) is 8.46. The van der Waals surface area contributed by atoms with E-state index in [1.165, 1.54) is 11.3 Å². The van der Waals surface area contributed by atoms with Crippen LogP contribution in [0.5, 0.6) is 0 Å². The highest BCUT2D eigenvalue weighted by atomic mass is 15.3. The van der Waals surface area contributed by atoms with Gasteiger partial charge in [-0.1, -0.05) is 18.2 Å². The molecule has 0 bridgehead atoms. The molecular formula is C26H36N6. The number of nitrogens with two attached hydrogens (primary N) is 1. The van der Waals surface area contributed by atoms with Crippen LogP contribution in [0.1, 0.15) is 57.3 Å². The number of hydrogen-bond donors (Lipinski definition) is 3. The highest BCUT2D eigenvalue weighted by molar-refractivity contribution is 6.13. The van der Waals surface area contributed by atoms with Crippen LogP contribution in [-0.4, -0.2) is 36.1 Å². The van der Waals surface area contributed by atoms with E-state index in [-0.39, 0.29) is 6.04 Å². The summed E-state index contributed by atoms with van der Waals surface area (Å²) >= 11 is 0. The molecule has 32 heavy (non-hydrogen) atoms. The lowest BCUT2D eigenvalue weighted by Gasteiger charge is -2.26. The van der Waals surface area contributed by atoms with Crippen molar-refractivity contribution in [3.8, 4) is 0 Å². The maximum atomic E-state index is 5.94. The first-order valence-electron chi connectivity index (χ1n) is 11.3. The Balaban J connectivity index is 2.17. The molecule has 4 N–H and O–H groups in total. The Kier molecular flexibility index (Phi) is 7.57. The SMILES string of the molecule is C=CCC(C)NC1=C(NC)CCC=C1c1ccc2c(c1)c(/C(C=NC)=C/N)nn2C(C)C. The van der Waals surface area contributed by atoms with Gasteiger partial charge in [-0.25, -0.2) is 0 Å². The molecule has 6 nitrogen and oxygen atoms in total. The zero-order valence-corrected chi connectivity index (χ0v) is 19.9. The van der Waals surface area contributed by atoms with E-state index in [2.05, 4.69) is 71.9 Å². The van der Waals surface area contributed by atoms with E-state index >= 15 is 0 Å². The van der Waals surface area contributed by atoms with Gasteiger partial charge in [0.05, 0.1) is 11.2 Å². The van der Waals surface area contributed by atoms with Crippen molar-refractivity contribution in [3.05, 3.63) is 65.8 Å². The third kappa shape index (κ3) is 4.64. The largest absolute Gasteiger partial charge is 0.404 e. The molecule has 3 rings (SSSR count). The van der Waals surface area contributed by atoms with Crippen LogP contribution in [0.2, 0.25) is 0 Å². The molecule has 0 radical (unpaired) electrons. The van der Waals surface area contributed by atoms with Gasteiger partial charge in [-0.2, -0.15) is 5.10 Å². The summed E-state index contributed by atoms with van der Waals surface area (Å²) in [6.07, 6.45) is 10.5. The summed E-state index contributed by atoms with van der Waals surface area (Å²) in [5.41, 5.74) is 13.5. The summed E-state index contributed by atoms with van der Waals surface area (Å²) in [5, 5.41) is 13.1. The predicted molar refractivity (Wildman–Crippen MR) is 137 cm³/mol. The van der Waals surface area contributed by atoms with Crippen molar-refractivity contribution in [2.45, 2.75) is 52.1 Å². The van der Waals surface area contributed by atoms with Gasteiger partial charge in [0.1, 0.15) is 5.69 Å². The van der Waals surface area contributed by atoms with Crippen LogP contribution in [0.25, 0.3) is 22.0 Å². The Bertz CT molecular complexity index is 1100. The maximum Gasteiger partial charge on any atom is 0.103 e. The van der Waals surface area contributed by atoms with Gasteiger partial charge in [0.2, 0.25) is 0 Å². The topological polar surface area (TPSA) is 80.3 Å². The standard InChI is InChI=1S/C26H36N6/c1-7-9-18(4)30-26-21(10-8-11-23(26)29-6)19-12-13-24-22(14-19)25(20(15-27)16-28-5)31-32(24)17(2)3/h7,10,12-18,29-30H,1,8-9,11,27H2,2-6H3/b20-15+,28-16?. The van der Waals surface area contributed by atoms with Crippen LogP contribution in [0.15, 0.2) is 59.5 Å². The van der Waals surface area contributed by atoms with E-state index in [9.17, 15) is 0 Å². The van der Waals surface area contributed by atoms with Gasteiger partial charge in [0.15, 0.2) is 0 Å². The third-order valence-electron chi connectivity index (χ3n) is 5.75. The summed E-state index contributed by atoms with van der Waals surface area (Å²) in [6, 6.07) is 7.11. The van der Waals surface area contributed by atoms with Crippen molar-refractivity contribution in [2.75, 3.05) is 14.1 Å². The quantitative estimate of drug-likeness (QED) is 0.393. The van der Waals surface area contributed by atoms with Crippen molar-refractivity contribution < 1.29 is 0 Å². The Labute approximate surface area is 191 Å². The lowest BCUT2D eigenvalue weighted by atomic mass is 9.92. The minimum atomic E-state index is 0.233. The number of fused-ring (bicyclic) bond motifs is 1. The zero-order valence-electron chi connectivity index (χ0n) is 19.9. The van der Waals surface area contributed by atoms with Crippen LogP contribution in [0.3, 0.4) is 0 Å². The number of rotatable bonds is 9. The fraction of sp³-hybridized carbons (Fsp3) is 0.385. The first-order valence-corrected chi connectivity index (χ1v) is 11.3. The van der Waals surface area contributed by atoms with E-state index in [1.54, 1.807) is 19.5 Å². The van der Waals surface area contributed by atoms with Gasteiger partial charge in [-0.3, -0.25) is 9.67 Å². The van der Waals surface area contributed by atoms with Crippen LogP contribution < -0.4 is 16.4 Å². The average molecular weight is 433 g/mol. The Morgan fingerprint density at radius 2 is 2.12 bits per heavy atom. The fourth-order valence-corrected chi connectivity index (χ4v) is 4.22. The molecule has 1 unspecified atom stereocenters. The zero-order chi connectivity index (χ0) is 23.3. The monoisotopic (exact) mass is 432 g/mol.